The van der Waals surface area contributed by atoms with Crippen LogP contribution in [-0.4, -0.2) is 32.5 Å². The maximum atomic E-state index is 12.1. The summed E-state index contributed by atoms with van der Waals surface area (Å²) < 4.78 is 6.82. The molecule has 26 heavy (non-hydrogen) atoms. The molecule has 0 fully saturated rings. The van der Waals surface area contributed by atoms with Crippen LogP contribution in [-0.2, 0) is 16.8 Å². The van der Waals surface area contributed by atoms with Crippen LogP contribution >= 0.6 is 11.6 Å². The fourth-order valence-electron chi connectivity index (χ4n) is 2.15. The minimum atomic E-state index is -0.631. The van der Waals surface area contributed by atoms with Crippen molar-refractivity contribution in [3.63, 3.8) is 0 Å². The van der Waals surface area contributed by atoms with E-state index in [-0.39, 0.29) is 18.6 Å². The lowest BCUT2D eigenvalue weighted by Gasteiger charge is -2.16. The summed E-state index contributed by atoms with van der Waals surface area (Å²) in [6.45, 7) is 9.75. The summed E-state index contributed by atoms with van der Waals surface area (Å²) >= 11 is 6.06. The number of aromatic nitrogens is 2. The first-order chi connectivity index (χ1) is 12.0. The Bertz CT molecular complexity index is 756. The van der Waals surface area contributed by atoms with Gasteiger partial charge in [0.2, 0.25) is 0 Å². The van der Waals surface area contributed by atoms with Gasteiger partial charge < -0.3 is 9.84 Å². The molecule has 0 saturated carbocycles. The molecule has 0 spiro atoms. The van der Waals surface area contributed by atoms with E-state index in [0.717, 1.165) is 16.9 Å². The molecule has 142 valence electrons. The Balaban J connectivity index is 2.31. The van der Waals surface area contributed by atoms with Gasteiger partial charge in [0.1, 0.15) is 12.4 Å². The number of carbonyl (C=O) groups excluding carboxylic acids is 1. The van der Waals surface area contributed by atoms with Gasteiger partial charge in [0.15, 0.2) is 0 Å². The molecule has 0 unspecified atom stereocenters. The highest BCUT2D eigenvalue weighted by atomic mass is 35.5. The molecule has 2 aromatic rings. The lowest BCUT2D eigenvalue weighted by Crippen LogP contribution is -2.25. The van der Waals surface area contributed by atoms with Crippen LogP contribution in [0.5, 0.6) is 0 Å². The monoisotopic (exact) mass is 379 g/mol. The van der Waals surface area contributed by atoms with Crippen LogP contribution in [0.25, 0.3) is 5.69 Å². The van der Waals surface area contributed by atoms with Crippen molar-refractivity contribution < 1.29 is 14.6 Å². The molecule has 1 aromatic heterocycles. The maximum Gasteiger partial charge on any atom is 0.412 e. The standard InChI is InChI=1S/C19H26ClN3O3/c1-18(2,3)15-10-16(21-17(25)26-12-19(4,5)20)23(22-15)14-8-6-13(11-24)7-9-14/h6-10,24H,11-12H2,1-5H3,(H,21,25). The summed E-state index contributed by atoms with van der Waals surface area (Å²) in [5.41, 5.74) is 2.21. The Morgan fingerprint density at radius 3 is 2.35 bits per heavy atom. The molecule has 6 nitrogen and oxygen atoms in total. The van der Waals surface area contributed by atoms with E-state index in [1.807, 2.05) is 51.1 Å². The van der Waals surface area contributed by atoms with Crippen molar-refractivity contribution in [2.45, 2.75) is 51.5 Å². The molecule has 0 atom stereocenters. The molecule has 0 bridgehead atoms. The van der Waals surface area contributed by atoms with Gasteiger partial charge in [0.05, 0.1) is 22.9 Å². The maximum absolute atomic E-state index is 12.1. The summed E-state index contributed by atoms with van der Waals surface area (Å²) in [6.07, 6.45) is -0.590. The zero-order valence-electron chi connectivity index (χ0n) is 15.8. The number of hydrogen-bond acceptors (Lipinski definition) is 4. The van der Waals surface area contributed by atoms with Gasteiger partial charge in [-0.3, -0.25) is 5.32 Å². The van der Waals surface area contributed by atoms with Gasteiger partial charge in [-0.15, -0.1) is 11.6 Å². The zero-order chi connectivity index (χ0) is 19.5. The number of carbonyl (C=O) groups is 1. The molecular formula is C19H26ClN3O3. The number of ether oxygens (including phenoxy) is 1. The fourth-order valence-corrected chi connectivity index (χ4v) is 2.21. The third-order valence-corrected chi connectivity index (χ3v) is 3.73. The number of amides is 1. The van der Waals surface area contributed by atoms with Crippen molar-refractivity contribution in [1.82, 2.24) is 9.78 Å². The number of benzene rings is 1. The number of nitrogens with zero attached hydrogens (tertiary/aromatic N) is 2. The molecule has 1 aromatic carbocycles. The number of rotatable bonds is 5. The molecular weight excluding hydrogens is 354 g/mol. The van der Waals surface area contributed by atoms with E-state index in [1.165, 1.54) is 0 Å². The third-order valence-electron chi connectivity index (χ3n) is 3.62. The van der Waals surface area contributed by atoms with Gasteiger partial charge in [-0.1, -0.05) is 32.9 Å². The van der Waals surface area contributed by atoms with E-state index in [4.69, 9.17) is 16.3 Å². The number of nitrogens with one attached hydrogen (secondary N) is 1. The molecule has 7 heteroatoms. The van der Waals surface area contributed by atoms with Crippen molar-refractivity contribution in [3.05, 3.63) is 41.6 Å². The lowest BCUT2D eigenvalue weighted by atomic mass is 9.92. The number of alkyl halides is 1. The Hall–Kier alpha value is -2.05. The molecule has 1 heterocycles. The lowest BCUT2D eigenvalue weighted by molar-refractivity contribution is 0.152. The van der Waals surface area contributed by atoms with E-state index in [9.17, 15) is 9.90 Å². The van der Waals surface area contributed by atoms with Crippen LogP contribution in [0.2, 0.25) is 0 Å². The topological polar surface area (TPSA) is 76.4 Å². The summed E-state index contributed by atoms with van der Waals surface area (Å²) in [6, 6.07) is 9.12. The second kappa shape index (κ2) is 7.68. The summed E-state index contributed by atoms with van der Waals surface area (Å²) in [5.74, 6) is 0.504. The van der Waals surface area contributed by atoms with E-state index in [0.29, 0.717) is 5.82 Å². The number of aliphatic hydroxyl groups is 1. The highest BCUT2D eigenvalue weighted by Gasteiger charge is 2.22. The molecule has 0 saturated heterocycles. The molecule has 2 rings (SSSR count). The normalized spacial score (nSPS) is 12.1. The van der Waals surface area contributed by atoms with E-state index < -0.39 is 11.0 Å². The first kappa shape index (κ1) is 20.3. The molecule has 0 aliphatic heterocycles. The van der Waals surface area contributed by atoms with Gasteiger partial charge >= 0.3 is 6.09 Å². The van der Waals surface area contributed by atoms with Crippen molar-refractivity contribution >= 4 is 23.5 Å². The number of anilines is 1. The minimum Gasteiger partial charge on any atom is -0.447 e. The first-order valence-electron chi connectivity index (χ1n) is 8.43. The minimum absolute atomic E-state index is 0.0295. The van der Waals surface area contributed by atoms with Crippen molar-refractivity contribution in [2.75, 3.05) is 11.9 Å². The van der Waals surface area contributed by atoms with Crippen LogP contribution in [0.1, 0.15) is 45.9 Å². The fraction of sp³-hybridized carbons (Fsp3) is 0.474. The van der Waals surface area contributed by atoms with Gasteiger partial charge in [-0.05, 0) is 31.5 Å². The Kier molecular flexibility index (Phi) is 5.98. The highest BCUT2D eigenvalue weighted by molar-refractivity contribution is 6.23. The predicted molar refractivity (Wildman–Crippen MR) is 103 cm³/mol. The summed E-state index contributed by atoms with van der Waals surface area (Å²) in [5, 5.41) is 16.6. The SMILES string of the molecule is CC(C)(Cl)COC(=O)Nc1cc(C(C)(C)C)nn1-c1ccc(CO)cc1. The smallest absolute Gasteiger partial charge is 0.412 e. The van der Waals surface area contributed by atoms with Crippen molar-refractivity contribution in [2.24, 2.45) is 0 Å². The highest BCUT2D eigenvalue weighted by Crippen LogP contribution is 2.26. The van der Waals surface area contributed by atoms with E-state index in [1.54, 1.807) is 18.5 Å². The molecule has 1 amide bonds. The van der Waals surface area contributed by atoms with Crippen molar-refractivity contribution in [1.29, 1.82) is 0 Å². The average molecular weight is 380 g/mol. The van der Waals surface area contributed by atoms with Crippen LogP contribution < -0.4 is 5.32 Å². The van der Waals surface area contributed by atoms with Gasteiger partial charge in [0, 0.05) is 11.5 Å². The number of aliphatic hydroxyl groups excluding tert-OH is 1. The average Bonchev–Trinajstić information content (AvgIpc) is 2.96. The van der Waals surface area contributed by atoms with E-state index >= 15 is 0 Å². The Morgan fingerprint density at radius 1 is 1.23 bits per heavy atom. The number of halogens is 1. The summed E-state index contributed by atoms with van der Waals surface area (Å²) in [4.78, 5) is 11.5. The number of hydrogen-bond donors (Lipinski definition) is 2. The molecule has 0 aliphatic rings. The summed E-state index contributed by atoms with van der Waals surface area (Å²) in [7, 11) is 0. The quantitative estimate of drug-likeness (QED) is 0.762. The largest absolute Gasteiger partial charge is 0.447 e. The third kappa shape index (κ3) is 5.47. The zero-order valence-corrected chi connectivity index (χ0v) is 16.6. The van der Waals surface area contributed by atoms with Crippen LogP contribution in [0, 0.1) is 0 Å². The molecule has 0 aliphatic carbocycles. The second-order valence-electron chi connectivity index (χ2n) is 7.82. The van der Waals surface area contributed by atoms with Gasteiger partial charge in [-0.2, -0.15) is 5.10 Å². The van der Waals surface area contributed by atoms with Gasteiger partial charge in [-0.25, -0.2) is 9.48 Å². The van der Waals surface area contributed by atoms with Crippen molar-refractivity contribution in [3.8, 4) is 5.69 Å². The van der Waals surface area contributed by atoms with Gasteiger partial charge in [0.25, 0.3) is 0 Å². The Labute approximate surface area is 159 Å². The second-order valence-corrected chi connectivity index (χ2v) is 8.84. The van der Waals surface area contributed by atoms with Crippen LogP contribution in [0.3, 0.4) is 0 Å². The first-order valence-corrected chi connectivity index (χ1v) is 8.81. The van der Waals surface area contributed by atoms with Crippen LogP contribution in [0.15, 0.2) is 30.3 Å². The van der Waals surface area contributed by atoms with E-state index in [2.05, 4.69) is 10.4 Å². The Morgan fingerprint density at radius 2 is 1.85 bits per heavy atom. The predicted octanol–water partition coefficient (Wildman–Crippen LogP) is 4.23. The molecule has 2 N–H and O–H groups in total. The van der Waals surface area contributed by atoms with Crippen LogP contribution in [0.4, 0.5) is 10.6 Å². The molecule has 0 radical (unpaired) electrons.